The Morgan fingerprint density at radius 3 is 2.87 bits per heavy atom. The fourth-order valence-electron chi connectivity index (χ4n) is 2.11. The zero-order chi connectivity index (χ0) is 15.4. The maximum Gasteiger partial charge on any atom is 0.238 e. The molecule has 124 valence electrons. The summed E-state index contributed by atoms with van der Waals surface area (Å²) in [6.07, 6.45) is 6.26. The maximum absolute atomic E-state index is 12.0. The van der Waals surface area contributed by atoms with Gasteiger partial charge in [-0.25, -0.2) is 4.98 Å². The van der Waals surface area contributed by atoms with E-state index in [1.54, 1.807) is 18.0 Å². The summed E-state index contributed by atoms with van der Waals surface area (Å²) in [7, 11) is 1.96. The number of imidazole rings is 1. The highest BCUT2D eigenvalue weighted by atomic mass is 35.5. The number of para-hydroxylation sites is 1. The Balaban J connectivity index is 0.00000192. The summed E-state index contributed by atoms with van der Waals surface area (Å²) in [5.41, 5.74) is 0.828. The minimum atomic E-state index is -0.00598. The summed E-state index contributed by atoms with van der Waals surface area (Å²) in [5, 5.41) is 7.08. The van der Waals surface area contributed by atoms with Crippen molar-refractivity contribution < 1.29 is 4.79 Å². The molecule has 3 rings (SSSR count). The number of amides is 1. The Morgan fingerprint density at radius 1 is 1.39 bits per heavy atom. The number of halogens is 1. The predicted octanol–water partition coefficient (Wildman–Crippen LogP) is 2.93. The van der Waals surface area contributed by atoms with Gasteiger partial charge in [-0.1, -0.05) is 12.1 Å². The molecule has 1 amide bonds. The number of hydrogen-bond donors (Lipinski definition) is 2. The van der Waals surface area contributed by atoms with Crippen molar-refractivity contribution in [1.29, 1.82) is 0 Å². The molecule has 2 aromatic rings. The molecule has 0 saturated heterocycles. The van der Waals surface area contributed by atoms with E-state index in [0.29, 0.717) is 6.54 Å². The van der Waals surface area contributed by atoms with Crippen LogP contribution in [0.1, 0.15) is 12.8 Å². The number of hydrogen-bond acceptors (Lipinski definition) is 4. The number of anilines is 1. The van der Waals surface area contributed by atoms with Gasteiger partial charge in [0.25, 0.3) is 0 Å². The van der Waals surface area contributed by atoms with Crippen LogP contribution in [0.3, 0.4) is 0 Å². The van der Waals surface area contributed by atoms with Crippen LogP contribution in [0.2, 0.25) is 0 Å². The van der Waals surface area contributed by atoms with Crippen molar-refractivity contribution in [3.8, 4) is 0 Å². The molecule has 0 radical (unpaired) electrons. The third-order valence-corrected chi connectivity index (χ3v) is 4.71. The van der Waals surface area contributed by atoms with Gasteiger partial charge in [0.2, 0.25) is 5.91 Å². The van der Waals surface area contributed by atoms with Gasteiger partial charge >= 0.3 is 0 Å². The lowest BCUT2D eigenvalue weighted by atomic mass is 10.3. The fraction of sp³-hybridized carbons (Fsp3) is 0.375. The minimum absolute atomic E-state index is 0. The Labute approximate surface area is 146 Å². The van der Waals surface area contributed by atoms with Crippen LogP contribution < -0.4 is 10.6 Å². The van der Waals surface area contributed by atoms with Crippen LogP contribution in [-0.4, -0.2) is 28.5 Å². The number of carbonyl (C=O) groups excluding carboxylic acids is 1. The number of carbonyl (C=O) groups is 1. The van der Waals surface area contributed by atoms with Gasteiger partial charge in [0.05, 0.1) is 12.2 Å². The zero-order valence-electron chi connectivity index (χ0n) is 13.0. The van der Waals surface area contributed by atoms with Gasteiger partial charge < -0.3 is 15.2 Å². The number of aryl methyl sites for hydroxylation is 1. The maximum atomic E-state index is 12.0. The molecule has 23 heavy (non-hydrogen) atoms. The van der Waals surface area contributed by atoms with E-state index < -0.39 is 0 Å². The third kappa shape index (κ3) is 5.27. The van der Waals surface area contributed by atoms with Crippen molar-refractivity contribution in [3.63, 3.8) is 0 Å². The summed E-state index contributed by atoms with van der Waals surface area (Å²) in [6.45, 7) is 1.30. The molecule has 1 aromatic heterocycles. The molecule has 2 N–H and O–H groups in total. The van der Waals surface area contributed by atoms with Crippen LogP contribution in [0, 0.1) is 5.92 Å². The zero-order valence-corrected chi connectivity index (χ0v) is 14.6. The second-order valence-electron chi connectivity index (χ2n) is 5.54. The lowest BCUT2D eigenvalue weighted by molar-refractivity contribution is -0.115. The van der Waals surface area contributed by atoms with Gasteiger partial charge in [0, 0.05) is 24.3 Å². The molecular weight excluding hydrogens is 332 g/mol. The number of nitrogens with zero attached hydrogens (tertiary/aromatic N) is 2. The first-order valence-corrected chi connectivity index (χ1v) is 8.29. The van der Waals surface area contributed by atoms with E-state index in [4.69, 9.17) is 0 Å². The van der Waals surface area contributed by atoms with Crippen molar-refractivity contribution in [1.82, 2.24) is 14.9 Å². The highest BCUT2D eigenvalue weighted by Crippen LogP contribution is 2.32. The average Bonchev–Trinajstić information content (AvgIpc) is 3.24. The fourth-order valence-corrected chi connectivity index (χ4v) is 3.00. The number of nitrogens with one attached hydrogen (secondary N) is 2. The monoisotopic (exact) mass is 352 g/mol. The highest BCUT2D eigenvalue weighted by molar-refractivity contribution is 7.99. The third-order valence-electron chi connectivity index (χ3n) is 3.55. The number of benzene rings is 1. The highest BCUT2D eigenvalue weighted by Gasteiger charge is 2.20. The van der Waals surface area contributed by atoms with E-state index in [0.717, 1.165) is 28.2 Å². The van der Waals surface area contributed by atoms with Crippen LogP contribution in [0.5, 0.6) is 0 Å². The molecule has 7 heteroatoms. The molecule has 1 aliphatic rings. The summed E-state index contributed by atoms with van der Waals surface area (Å²) < 4.78 is 1.96. The van der Waals surface area contributed by atoms with Crippen molar-refractivity contribution in [3.05, 3.63) is 36.7 Å². The molecule has 1 fully saturated rings. The molecule has 0 aliphatic heterocycles. The smallest absolute Gasteiger partial charge is 0.238 e. The number of rotatable bonds is 7. The van der Waals surface area contributed by atoms with E-state index in [2.05, 4.69) is 15.6 Å². The van der Waals surface area contributed by atoms with E-state index in [1.165, 1.54) is 12.8 Å². The standard InChI is InChI=1S/C16H20N4OS.ClH/c1-20-9-8-18-16(20)22-14-5-3-2-4-13(14)19-15(21)11-17-10-12-6-7-12;/h2-5,8-9,12,17H,6-7,10-11H2,1H3,(H,19,21);1H. The molecule has 1 heterocycles. The largest absolute Gasteiger partial charge is 0.329 e. The van der Waals surface area contributed by atoms with Gasteiger partial charge in [-0.05, 0) is 49.2 Å². The Hall–Kier alpha value is -1.50. The van der Waals surface area contributed by atoms with Crippen LogP contribution >= 0.6 is 24.2 Å². The first-order valence-electron chi connectivity index (χ1n) is 7.47. The first-order chi connectivity index (χ1) is 10.7. The summed E-state index contributed by atoms with van der Waals surface area (Å²) >= 11 is 1.54. The average molecular weight is 353 g/mol. The van der Waals surface area contributed by atoms with E-state index in [1.807, 2.05) is 42.1 Å². The van der Waals surface area contributed by atoms with Crippen molar-refractivity contribution >= 4 is 35.8 Å². The van der Waals surface area contributed by atoms with Crippen molar-refractivity contribution in [2.45, 2.75) is 22.9 Å². The van der Waals surface area contributed by atoms with Crippen molar-refractivity contribution in [2.24, 2.45) is 13.0 Å². The van der Waals surface area contributed by atoms with Crippen molar-refractivity contribution in [2.75, 3.05) is 18.4 Å². The normalized spacial score (nSPS) is 13.4. The molecule has 1 aliphatic carbocycles. The Kier molecular flexibility index (Phi) is 6.50. The van der Waals surface area contributed by atoms with E-state index >= 15 is 0 Å². The molecule has 5 nitrogen and oxygen atoms in total. The van der Waals surface area contributed by atoms with Crippen LogP contribution in [0.4, 0.5) is 5.69 Å². The second kappa shape index (κ2) is 8.38. The lowest BCUT2D eigenvalue weighted by Gasteiger charge is -2.11. The van der Waals surface area contributed by atoms with Gasteiger partial charge in [-0.2, -0.15) is 0 Å². The molecule has 0 spiro atoms. The van der Waals surface area contributed by atoms with Gasteiger partial charge in [-0.15, -0.1) is 12.4 Å². The van der Waals surface area contributed by atoms with Gasteiger partial charge in [0.15, 0.2) is 5.16 Å². The molecule has 0 atom stereocenters. The lowest BCUT2D eigenvalue weighted by Crippen LogP contribution is -2.29. The summed E-state index contributed by atoms with van der Waals surface area (Å²) in [4.78, 5) is 17.3. The summed E-state index contributed by atoms with van der Waals surface area (Å²) in [5.74, 6) is 0.771. The van der Waals surface area contributed by atoms with E-state index in [-0.39, 0.29) is 18.3 Å². The van der Waals surface area contributed by atoms with Crippen LogP contribution in [0.15, 0.2) is 46.7 Å². The summed E-state index contributed by atoms with van der Waals surface area (Å²) in [6, 6.07) is 7.80. The first kappa shape index (κ1) is 17.8. The second-order valence-corrected chi connectivity index (χ2v) is 6.55. The van der Waals surface area contributed by atoms with Gasteiger partial charge in [0.1, 0.15) is 0 Å². The minimum Gasteiger partial charge on any atom is -0.329 e. The molecule has 0 unspecified atom stereocenters. The molecule has 1 saturated carbocycles. The quantitative estimate of drug-likeness (QED) is 0.804. The van der Waals surface area contributed by atoms with Crippen LogP contribution in [0.25, 0.3) is 0 Å². The predicted molar refractivity (Wildman–Crippen MR) is 95.2 cm³/mol. The Morgan fingerprint density at radius 2 is 2.17 bits per heavy atom. The molecular formula is C16H21ClN4OS. The van der Waals surface area contributed by atoms with Gasteiger partial charge in [-0.3, -0.25) is 4.79 Å². The molecule has 1 aromatic carbocycles. The Bertz CT molecular complexity index is 657. The number of aromatic nitrogens is 2. The topological polar surface area (TPSA) is 59.0 Å². The van der Waals surface area contributed by atoms with Crippen LogP contribution in [-0.2, 0) is 11.8 Å². The SMILES string of the molecule is Cl.Cn1ccnc1Sc1ccccc1NC(=O)CNCC1CC1. The molecule has 0 bridgehead atoms. The van der Waals surface area contributed by atoms with E-state index in [9.17, 15) is 4.79 Å².